The number of methoxy groups -OCH3 is 1. The topological polar surface area (TPSA) is 115 Å². The molecule has 10 heteroatoms. The second-order valence-electron chi connectivity index (χ2n) is 8.42. The van der Waals surface area contributed by atoms with Gasteiger partial charge in [-0.1, -0.05) is 36.2 Å². The van der Waals surface area contributed by atoms with Crippen LogP contribution in [0.1, 0.15) is 47.5 Å². The third-order valence-corrected chi connectivity index (χ3v) is 7.34. The SMILES string of the molecule is COc1ccc(C)cc1NS(=O)(=O)c1cc(-c2noc(C(=O)N3CCCCCC3)n2)ccc1C. The van der Waals surface area contributed by atoms with Gasteiger partial charge in [-0.2, -0.15) is 4.98 Å². The Kier molecular flexibility index (Phi) is 6.87. The highest BCUT2D eigenvalue weighted by Crippen LogP contribution is 2.30. The molecule has 2 aromatic carbocycles. The lowest BCUT2D eigenvalue weighted by molar-refractivity contribution is 0.0711. The molecule has 4 rings (SSSR count). The fourth-order valence-electron chi connectivity index (χ4n) is 3.97. The number of likely N-dealkylation sites (tertiary alicyclic amines) is 1. The molecule has 1 saturated heterocycles. The van der Waals surface area contributed by atoms with Crippen LogP contribution in [-0.2, 0) is 10.0 Å². The summed E-state index contributed by atoms with van der Waals surface area (Å²) in [6.45, 7) is 4.90. The fraction of sp³-hybridized carbons (Fsp3) is 0.375. The van der Waals surface area contributed by atoms with Crippen LogP contribution in [0.3, 0.4) is 0 Å². The summed E-state index contributed by atoms with van der Waals surface area (Å²) in [5.74, 6) is 0.180. The zero-order valence-corrected chi connectivity index (χ0v) is 20.3. The van der Waals surface area contributed by atoms with Crippen molar-refractivity contribution in [1.82, 2.24) is 15.0 Å². The first kappa shape index (κ1) is 23.7. The maximum absolute atomic E-state index is 13.2. The number of amides is 1. The molecule has 1 aliphatic heterocycles. The molecule has 180 valence electrons. The van der Waals surface area contributed by atoms with Gasteiger partial charge in [-0.15, -0.1) is 0 Å². The van der Waals surface area contributed by atoms with E-state index in [-0.39, 0.29) is 22.5 Å². The predicted octanol–water partition coefficient (Wildman–Crippen LogP) is 4.18. The molecule has 0 radical (unpaired) electrons. The number of hydrogen-bond donors (Lipinski definition) is 1. The summed E-state index contributed by atoms with van der Waals surface area (Å²) in [6.07, 6.45) is 4.10. The van der Waals surface area contributed by atoms with E-state index in [0.29, 0.717) is 35.7 Å². The van der Waals surface area contributed by atoms with E-state index in [1.54, 1.807) is 36.1 Å². The molecule has 0 unspecified atom stereocenters. The Morgan fingerprint density at radius 1 is 1.06 bits per heavy atom. The molecule has 9 nitrogen and oxygen atoms in total. The summed E-state index contributed by atoms with van der Waals surface area (Å²) in [5, 5.41) is 3.93. The van der Waals surface area contributed by atoms with Crippen LogP contribution in [0.5, 0.6) is 5.75 Å². The number of hydrogen-bond acceptors (Lipinski definition) is 7. The Morgan fingerprint density at radius 3 is 2.50 bits per heavy atom. The third kappa shape index (κ3) is 5.06. The number of ether oxygens (including phenoxy) is 1. The van der Waals surface area contributed by atoms with Crippen LogP contribution in [-0.4, -0.2) is 49.6 Å². The molecule has 1 fully saturated rings. The van der Waals surface area contributed by atoms with Crippen LogP contribution in [0.4, 0.5) is 5.69 Å². The smallest absolute Gasteiger partial charge is 0.316 e. The number of aryl methyl sites for hydroxylation is 2. The van der Waals surface area contributed by atoms with Crippen molar-refractivity contribution in [3.63, 3.8) is 0 Å². The molecule has 1 N–H and O–H groups in total. The van der Waals surface area contributed by atoms with Crippen LogP contribution in [0.25, 0.3) is 11.4 Å². The maximum Gasteiger partial charge on any atom is 0.316 e. The maximum atomic E-state index is 13.2. The van der Waals surface area contributed by atoms with Crippen molar-refractivity contribution in [1.29, 1.82) is 0 Å². The lowest BCUT2D eigenvalue weighted by Crippen LogP contribution is -2.32. The average molecular weight is 485 g/mol. The van der Waals surface area contributed by atoms with Crippen LogP contribution in [0.15, 0.2) is 45.8 Å². The van der Waals surface area contributed by atoms with Gasteiger partial charge in [0.25, 0.3) is 10.0 Å². The average Bonchev–Trinajstić information content (AvgIpc) is 3.14. The van der Waals surface area contributed by atoms with E-state index < -0.39 is 10.0 Å². The van der Waals surface area contributed by atoms with Crippen LogP contribution >= 0.6 is 0 Å². The monoisotopic (exact) mass is 484 g/mol. The molecule has 2 heterocycles. The van der Waals surface area contributed by atoms with E-state index in [4.69, 9.17) is 9.26 Å². The normalized spacial score (nSPS) is 14.5. The van der Waals surface area contributed by atoms with Crippen LogP contribution < -0.4 is 9.46 Å². The van der Waals surface area contributed by atoms with E-state index in [1.165, 1.54) is 13.2 Å². The van der Waals surface area contributed by atoms with E-state index in [2.05, 4.69) is 14.9 Å². The number of rotatable bonds is 6. The first-order valence-electron chi connectivity index (χ1n) is 11.2. The zero-order valence-electron chi connectivity index (χ0n) is 19.5. The summed E-state index contributed by atoms with van der Waals surface area (Å²) < 4.78 is 39.6. The Morgan fingerprint density at radius 2 is 1.79 bits per heavy atom. The van der Waals surface area contributed by atoms with Crippen molar-refractivity contribution in [3.05, 3.63) is 53.4 Å². The largest absolute Gasteiger partial charge is 0.495 e. The highest BCUT2D eigenvalue weighted by molar-refractivity contribution is 7.92. The van der Waals surface area contributed by atoms with Crippen molar-refractivity contribution in [2.75, 3.05) is 24.9 Å². The molecule has 0 bridgehead atoms. The van der Waals surface area contributed by atoms with Gasteiger partial charge in [-0.05, 0) is 56.0 Å². The standard InChI is InChI=1S/C24H28N4O5S/c1-16-8-11-20(32-3)19(14-16)27-34(30,31)21-15-18(10-9-17(21)2)22-25-23(33-26-22)24(29)28-12-6-4-5-7-13-28/h8-11,14-15,27H,4-7,12-13H2,1-3H3. The van der Waals surface area contributed by atoms with E-state index in [0.717, 1.165) is 31.2 Å². The van der Waals surface area contributed by atoms with Crippen molar-refractivity contribution >= 4 is 21.6 Å². The second-order valence-corrected chi connectivity index (χ2v) is 10.1. The van der Waals surface area contributed by atoms with Gasteiger partial charge >= 0.3 is 11.8 Å². The number of sulfonamides is 1. The summed E-state index contributed by atoms with van der Waals surface area (Å²) in [7, 11) is -2.46. The lowest BCUT2D eigenvalue weighted by Gasteiger charge is -2.17. The van der Waals surface area contributed by atoms with Gasteiger partial charge in [0.1, 0.15) is 5.75 Å². The molecule has 0 saturated carbocycles. The number of aromatic nitrogens is 2. The molecule has 1 aliphatic rings. The van der Waals surface area contributed by atoms with Gasteiger partial charge in [0.05, 0.1) is 17.7 Å². The quantitative estimate of drug-likeness (QED) is 0.558. The lowest BCUT2D eigenvalue weighted by atomic mass is 10.1. The molecular formula is C24H28N4O5S. The Hall–Kier alpha value is -3.40. The number of nitrogens with one attached hydrogen (secondary N) is 1. The summed E-state index contributed by atoms with van der Waals surface area (Å²) in [4.78, 5) is 18.8. The number of benzene rings is 2. The van der Waals surface area contributed by atoms with Crippen molar-refractivity contribution < 1.29 is 22.5 Å². The molecule has 1 amide bonds. The molecule has 0 spiro atoms. The van der Waals surface area contributed by atoms with Gasteiger partial charge in [0.15, 0.2) is 0 Å². The second kappa shape index (κ2) is 9.84. The minimum absolute atomic E-state index is 0.0683. The summed E-state index contributed by atoms with van der Waals surface area (Å²) in [6, 6.07) is 10.1. The first-order chi connectivity index (χ1) is 16.3. The summed E-state index contributed by atoms with van der Waals surface area (Å²) in [5.41, 5.74) is 2.21. The highest BCUT2D eigenvalue weighted by atomic mass is 32.2. The molecule has 34 heavy (non-hydrogen) atoms. The van der Waals surface area contributed by atoms with E-state index in [1.807, 2.05) is 13.0 Å². The van der Waals surface area contributed by atoms with Crippen molar-refractivity contribution in [2.24, 2.45) is 0 Å². The fourth-order valence-corrected chi connectivity index (χ4v) is 5.30. The number of carbonyl (C=O) groups excluding carboxylic acids is 1. The van der Waals surface area contributed by atoms with Crippen molar-refractivity contribution in [2.45, 2.75) is 44.4 Å². The van der Waals surface area contributed by atoms with Gasteiger partial charge in [-0.3, -0.25) is 9.52 Å². The highest BCUT2D eigenvalue weighted by Gasteiger charge is 2.25. The predicted molar refractivity (Wildman–Crippen MR) is 127 cm³/mol. The molecule has 0 aliphatic carbocycles. The molecule has 0 atom stereocenters. The zero-order chi connectivity index (χ0) is 24.3. The van der Waals surface area contributed by atoms with Crippen LogP contribution in [0, 0.1) is 13.8 Å². The van der Waals surface area contributed by atoms with Crippen molar-refractivity contribution in [3.8, 4) is 17.1 Å². The molecular weight excluding hydrogens is 456 g/mol. The number of anilines is 1. The number of nitrogens with zero attached hydrogens (tertiary/aromatic N) is 3. The first-order valence-corrected chi connectivity index (χ1v) is 12.7. The number of carbonyl (C=O) groups is 1. The minimum atomic E-state index is -3.95. The van der Waals surface area contributed by atoms with Gasteiger partial charge in [0.2, 0.25) is 5.82 Å². The third-order valence-electron chi connectivity index (χ3n) is 5.84. The van der Waals surface area contributed by atoms with Gasteiger partial charge in [-0.25, -0.2) is 8.42 Å². The summed E-state index contributed by atoms with van der Waals surface area (Å²) >= 11 is 0. The van der Waals surface area contributed by atoms with Crippen LogP contribution in [0.2, 0.25) is 0 Å². The van der Waals surface area contributed by atoms with E-state index in [9.17, 15) is 13.2 Å². The Balaban J connectivity index is 1.61. The van der Waals surface area contributed by atoms with E-state index >= 15 is 0 Å². The molecule has 3 aromatic rings. The van der Waals surface area contributed by atoms with Gasteiger partial charge in [0, 0.05) is 18.7 Å². The molecule has 1 aromatic heterocycles. The Bertz CT molecular complexity index is 1290. The minimum Gasteiger partial charge on any atom is -0.495 e. The van der Waals surface area contributed by atoms with Gasteiger partial charge < -0.3 is 14.2 Å². The Labute approximate surface area is 199 Å².